The van der Waals surface area contributed by atoms with Crippen LogP contribution >= 0.6 is 0 Å². The van der Waals surface area contributed by atoms with Crippen molar-refractivity contribution in [3.63, 3.8) is 0 Å². The van der Waals surface area contributed by atoms with E-state index in [9.17, 15) is 14.0 Å². The van der Waals surface area contributed by atoms with Gasteiger partial charge in [0.15, 0.2) is 5.54 Å². The molecule has 2 fully saturated rings. The maximum absolute atomic E-state index is 13.8. The maximum atomic E-state index is 13.8. The van der Waals surface area contributed by atoms with Crippen LogP contribution in [-0.2, 0) is 21.5 Å². The maximum Gasteiger partial charge on any atom is 0.255 e. The fourth-order valence-electron chi connectivity index (χ4n) is 5.34. The zero-order valence-corrected chi connectivity index (χ0v) is 15.6. The highest BCUT2D eigenvalue weighted by Gasteiger charge is 2.55. The second-order valence-electron chi connectivity index (χ2n) is 8.26. The van der Waals surface area contributed by atoms with Crippen LogP contribution in [0.5, 0.6) is 0 Å². The van der Waals surface area contributed by atoms with Crippen LogP contribution in [0.15, 0.2) is 18.2 Å². The Morgan fingerprint density at radius 3 is 2.74 bits per heavy atom. The number of carbonyl (C=O) groups excluding carboxylic acids is 2. The number of benzene rings is 1. The van der Waals surface area contributed by atoms with Gasteiger partial charge < -0.3 is 14.8 Å². The van der Waals surface area contributed by atoms with Crippen LogP contribution in [0.2, 0.25) is 0 Å². The number of H-pyrrole nitrogens is 1. The molecule has 2 amide bonds. The lowest BCUT2D eigenvalue weighted by atomic mass is 9.82. The smallest absolute Gasteiger partial charge is 0.255 e. The molecule has 3 aliphatic rings. The molecule has 0 radical (unpaired) electrons. The molecule has 1 atom stereocenters. The van der Waals surface area contributed by atoms with E-state index >= 15 is 0 Å². The van der Waals surface area contributed by atoms with Gasteiger partial charge in [0.25, 0.3) is 5.91 Å². The summed E-state index contributed by atoms with van der Waals surface area (Å²) in [5, 5.41) is 0.820. The Bertz CT molecular complexity index is 946. The molecule has 1 saturated carbocycles. The van der Waals surface area contributed by atoms with Crippen molar-refractivity contribution in [1.29, 1.82) is 0 Å². The van der Waals surface area contributed by atoms with Gasteiger partial charge in [0.2, 0.25) is 5.91 Å². The number of nitrogens with zero attached hydrogens (tertiary/aromatic N) is 2. The molecule has 6 heteroatoms. The molecule has 0 spiro atoms. The standard InChI is InChI=1S/C21H24FN3O2/c1-21-19-15(16-11-13(22)7-8-17(16)23-19)9-10-25(21)18(26)12-24(20(21)27)14-5-3-2-4-6-14/h7-8,11,14,23H,2-6,9-10,12H2,1H3/t21-/m0/s1. The summed E-state index contributed by atoms with van der Waals surface area (Å²) in [4.78, 5) is 33.5. The summed E-state index contributed by atoms with van der Waals surface area (Å²) >= 11 is 0. The molecule has 0 unspecified atom stereocenters. The Hall–Kier alpha value is -2.37. The molecule has 3 heterocycles. The fraction of sp³-hybridized carbons (Fsp3) is 0.524. The van der Waals surface area contributed by atoms with Crippen LogP contribution in [0.25, 0.3) is 10.9 Å². The summed E-state index contributed by atoms with van der Waals surface area (Å²) in [5.74, 6) is -0.271. The van der Waals surface area contributed by atoms with Crippen molar-refractivity contribution in [2.24, 2.45) is 0 Å². The van der Waals surface area contributed by atoms with E-state index in [0.29, 0.717) is 13.0 Å². The van der Waals surface area contributed by atoms with Crippen molar-refractivity contribution < 1.29 is 14.0 Å². The van der Waals surface area contributed by atoms with Crippen LogP contribution in [0.4, 0.5) is 4.39 Å². The average molecular weight is 369 g/mol. The Balaban J connectivity index is 1.64. The highest BCUT2D eigenvalue weighted by molar-refractivity contribution is 6.00. The highest BCUT2D eigenvalue weighted by atomic mass is 19.1. The highest BCUT2D eigenvalue weighted by Crippen LogP contribution is 2.43. The number of aromatic nitrogens is 1. The number of aromatic amines is 1. The molecule has 5 nitrogen and oxygen atoms in total. The molecule has 1 aromatic carbocycles. The summed E-state index contributed by atoms with van der Waals surface area (Å²) in [6.45, 7) is 2.53. The zero-order chi connectivity index (χ0) is 18.8. The molecule has 2 aliphatic heterocycles. The first-order valence-corrected chi connectivity index (χ1v) is 9.92. The molecular formula is C21H24FN3O2. The Morgan fingerprint density at radius 2 is 1.96 bits per heavy atom. The summed E-state index contributed by atoms with van der Waals surface area (Å²) in [6.07, 6.45) is 6.00. The molecule has 1 saturated heterocycles. The fourth-order valence-corrected chi connectivity index (χ4v) is 5.34. The van der Waals surface area contributed by atoms with Crippen LogP contribution in [0, 0.1) is 5.82 Å². The van der Waals surface area contributed by atoms with Crippen LogP contribution in [0.3, 0.4) is 0 Å². The van der Waals surface area contributed by atoms with Gasteiger partial charge in [0.05, 0.1) is 5.69 Å². The van der Waals surface area contributed by atoms with Gasteiger partial charge in [-0.3, -0.25) is 9.59 Å². The molecule has 2 aromatic rings. The number of halogens is 1. The lowest BCUT2D eigenvalue weighted by molar-refractivity contribution is -0.169. The van der Waals surface area contributed by atoms with E-state index in [1.807, 2.05) is 11.8 Å². The SMILES string of the molecule is C[C@]12C(=O)N(C3CCCCC3)CC(=O)N1CCc1c2[nH]c2ccc(F)cc12. The van der Waals surface area contributed by atoms with Crippen molar-refractivity contribution in [2.45, 2.75) is 57.0 Å². The third-order valence-corrected chi connectivity index (χ3v) is 6.78. The van der Waals surface area contributed by atoms with E-state index in [2.05, 4.69) is 4.98 Å². The van der Waals surface area contributed by atoms with E-state index in [1.165, 1.54) is 18.6 Å². The molecule has 1 N–H and O–H groups in total. The van der Waals surface area contributed by atoms with Gasteiger partial charge >= 0.3 is 0 Å². The minimum Gasteiger partial charge on any atom is -0.356 e. The van der Waals surface area contributed by atoms with Gasteiger partial charge in [0, 0.05) is 23.5 Å². The van der Waals surface area contributed by atoms with Gasteiger partial charge in [-0.1, -0.05) is 19.3 Å². The minimum absolute atomic E-state index is 0.00183. The van der Waals surface area contributed by atoms with Gasteiger partial charge in [0.1, 0.15) is 12.4 Å². The van der Waals surface area contributed by atoms with Crippen LogP contribution in [0.1, 0.15) is 50.3 Å². The number of piperazine rings is 1. The Morgan fingerprint density at radius 1 is 1.19 bits per heavy atom. The van der Waals surface area contributed by atoms with Crippen molar-refractivity contribution in [2.75, 3.05) is 13.1 Å². The third-order valence-electron chi connectivity index (χ3n) is 6.78. The summed E-state index contributed by atoms with van der Waals surface area (Å²) < 4.78 is 13.8. The van der Waals surface area contributed by atoms with E-state index in [0.717, 1.165) is 47.8 Å². The minimum atomic E-state index is -1.03. The monoisotopic (exact) mass is 369 g/mol. The van der Waals surface area contributed by atoms with Crippen LogP contribution < -0.4 is 0 Å². The van der Waals surface area contributed by atoms with E-state index < -0.39 is 5.54 Å². The molecule has 27 heavy (non-hydrogen) atoms. The van der Waals surface area contributed by atoms with Crippen molar-refractivity contribution >= 4 is 22.7 Å². The summed E-state index contributed by atoms with van der Waals surface area (Å²) in [6, 6.07) is 4.82. The lowest BCUT2D eigenvalue weighted by Crippen LogP contribution is -2.68. The first-order valence-electron chi connectivity index (χ1n) is 9.92. The normalized spacial score (nSPS) is 26.4. The molecule has 0 bridgehead atoms. The Labute approximate surface area is 157 Å². The Kier molecular flexibility index (Phi) is 3.61. The number of fused-ring (bicyclic) bond motifs is 5. The number of carbonyl (C=O) groups is 2. The van der Waals surface area contributed by atoms with Crippen molar-refractivity contribution in [1.82, 2.24) is 14.8 Å². The number of hydrogen-bond donors (Lipinski definition) is 1. The number of amides is 2. The average Bonchev–Trinajstić information content (AvgIpc) is 3.05. The van der Waals surface area contributed by atoms with Crippen molar-refractivity contribution in [3.8, 4) is 0 Å². The predicted molar refractivity (Wildman–Crippen MR) is 99.6 cm³/mol. The number of rotatable bonds is 1. The molecular weight excluding hydrogens is 345 g/mol. The number of nitrogens with one attached hydrogen (secondary N) is 1. The molecule has 1 aliphatic carbocycles. The molecule has 1 aromatic heterocycles. The molecule has 5 rings (SSSR count). The first-order chi connectivity index (χ1) is 13.0. The number of hydrogen-bond acceptors (Lipinski definition) is 2. The summed E-state index contributed by atoms with van der Waals surface area (Å²) in [5.41, 5.74) is 1.51. The summed E-state index contributed by atoms with van der Waals surface area (Å²) in [7, 11) is 0. The zero-order valence-electron chi connectivity index (χ0n) is 15.6. The van der Waals surface area contributed by atoms with E-state index in [1.54, 1.807) is 11.0 Å². The first kappa shape index (κ1) is 16.8. The second kappa shape index (κ2) is 5.81. The van der Waals surface area contributed by atoms with E-state index in [-0.39, 0.29) is 30.2 Å². The largest absolute Gasteiger partial charge is 0.356 e. The topological polar surface area (TPSA) is 56.4 Å². The van der Waals surface area contributed by atoms with Crippen LogP contribution in [-0.4, -0.2) is 45.7 Å². The lowest BCUT2D eigenvalue weighted by Gasteiger charge is -2.51. The molecule has 142 valence electrons. The van der Waals surface area contributed by atoms with Gasteiger partial charge in [-0.25, -0.2) is 4.39 Å². The second-order valence-corrected chi connectivity index (χ2v) is 8.26. The van der Waals surface area contributed by atoms with Crippen molar-refractivity contribution in [3.05, 3.63) is 35.3 Å². The third kappa shape index (κ3) is 2.28. The van der Waals surface area contributed by atoms with Gasteiger partial charge in [-0.15, -0.1) is 0 Å². The van der Waals surface area contributed by atoms with Gasteiger partial charge in [-0.2, -0.15) is 0 Å². The van der Waals surface area contributed by atoms with E-state index in [4.69, 9.17) is 0 Å². The quantitative estimate of drug-likeness (QED) is 0.840. The van der Waals surface area contributed by atoms with Gasteiger partial charge in [-0.05, 0) is 49.9 Å². The predicted octanol–water partition coefficient (Wildman–Crippen LogP) is 3.08.